The largest absolute Gasteiger partial charge is 0.493 e. The summed E-state index contributed by atoms with van der Waals surface area (Å²) < 4.78 is 49.7. The van der Waals surface area contributed by atoms with Crippen molar-refractivity contribution in [3.63, 3.8) is 0 Å². The lowest BCUT2D eigenvalue weighted by Crippen LogP contribution is -2.51. The molecule has 1 fully saturated rings. The predicted octanol–water partition coefficient (Wildman–Crippen LogP) is 7.16. The van der Waals surface area contributed by atoms with Crippen LogP contribution in [0.25, 0.3) is 32.8 Å². The Morgan fingerprint density at radius 2 is 1.53 bits per heavy atom. The average molecular weight is 924 g/mol. The summed E-state index contributed by atoms with van der Waals surface area (Å²) in [6, 6.07) is 27.3. The van der Waals surface area contributed by atoms with Crippen LogP contribution in [-0.4, -0.2) is 125 Å². The Bertz CT molecular complexity index is 2780. The first kappa shape index (κ1) is 47.8. The van der Waals surface area contributed by atoms with Gasteiger partial charge in [0.1, 0.15) is 35.1 Å². The number of carbonyl (C=O) groups excluding carboxylic acids is 1. The molecule has 2 N–H and O–H groups in total. The fraction of sp³-hybridized carbons (Fsp3) is 0.408. The standard InChI is InChI=1S/C49H61N7O9S/c1-49(2,3)65-48(60)52(6)25-13-26-56-45-38(39(46(56)47(58)59)19-12-31-63-43-20-10-15-34-14-8-9-16-37(34)43)17-11-18-40(45)44-41(50-53(7)42(44)32-57)33-64-36-23-21-35(22-24-36)54-27-29-55(30-28-54)66(61,62)51(4)5/h8-11,14-18,20-24,57H,12-13,19,25-33H2,1-7H3,(H,58,59). The van der Waals surface area contributed by atoms with E-state index in [9.17, 15) is 28.2 Å². The van der Waals surface area contributed by atoms with Crippen molar-refractivity contribution in [2.45, 2.75) is 65.4 Å². The molecule has 0 spiro atoms. The summed E-state index contributed by atoms with van der Waals surface area (Å²) in [6.07, 6.45) is 0.905. The van der Waals surface area contributed by atoms with Crippen molar-refractivity contribution in [1.82, 2.24) is 27.9 Å². The van der Waals surface area contributed by atoms with E-state index < -0.39 is 27.9 Å². The SMILES string of the molecule is CN(CCCn1c(C(=O)O)c(CCCOc2cccc3ccccc23)c2cccc(-c3c(COc4ccc(N5CCN(S(=O)(=O)N(C)C)CC5)cc4)nn(C)c3CO)c21)C(=O)OC(C)(C)C. The van der Waals surface area contributed by atoms with E-state index in [0.29, 0.717) is 97.9 Å². The number of carbonyl (C=O) groups is 2. The Labute approximate surface area is 386 Å². The quantitative estimate of drug-likeness (QED) is 0.0839. The van der Waals surface area contributed by atoms with E-state index in [1.54, 1.807) is 18.8 Å². The molecule has 4 aromatic carbocycles. The Kier molecular flexibility index (Phi) is 14.6. The van der Waals surface area contributed by atoms with Crippen LogP contribution < -0.4 is 14.4 Å². The number of carboxylic acid groups (broad SMARTS) is 1. The molecule has 3 heterocycles. The summed E-state index contributed by atoms with van der Waals surface area (Å²) >= 11 is 0. The number of aromatic carboxylic acids is 1. The molecule has 16 nitrogen and oxygen atoms in total. The van der Waals surface area contributed by atoms with Crippen LogP contribution in [0.5, 0.6) is 11.5 Å². The number of aryl methyl sites for hydroxylation is 3. The van der Waals surface area contributed by atoms with Crippen LogP contribution >= 0.6 is 0 Å². The summed E-state index contributed by atoms with van der Waals surface area (Å²) in [5.41, 5.74) is 4.17. The van der Waals surface area contributed by atoms with Crippen LogP contribution in [0.3, 0.4) is 0 Å². The fourth-order valence-corrected chi connectivity index (χ4v) is 9.67. The van der Waals surface area contributed by atoms with Crippen LogP contribution in [0, 0.1) is 0 Å². The van der Waals surface area contributed by atoms with Crippen LogP contribution in [0.2, 0.25) is 0 Å². The number of anilines is 1. The van der Waals surface area contributed by atoms with Gasteiger partial charge in [-0.25, -0.2) is 9.59 Å². The molecular formula is C49H61N7O9S. The van der Waals surface area contributed by atoms with Gasteiger partial charge < -0.3 is 38.8 Å². The molecule has 0 atom stereocenters. The molecule has 0 bridgehead atoms. The smallest absolute Gasteiger partial charge is 0.410 e. The Morgan fingerprint density at radius 3 is 2.21 bits per heavy atom. The first-order valence-corrected chi connectivity index (χ1v) is 23.6. The number of carboxylic acids is 1. The lowest BCUT2D eigenvalue weighted by atomic mass is 9.98. The Balaban J connectivity index is 1.18. The van der Waals surface area contributed by atoms with Crippen molar-refractivity contribution in [2.75, 3.05) is 65.4 Å². The van der Waals surface area contributed by atoms with Crippen molar-refractivity contribution < 1.29 is 42.4 Å². The number of amides is 1. The average Bonchev–Trinajstić information content (AvgIpc) is 3.79. The number of piperazine rings is 1. The van der Waals surface area contributed by atoms with Gasteiger partial charge >= 0.3 is 12.1 Å². The maximum absolute atomic E-state index is 13.4. The fourth-order valence-electron chi connectivity index (χ4n) is 8.58. The number of para-hydroxylation sites is 1. The molecule has 17 heteroatoms. The van der Waals surface area contributed by atoms with E-state index in [1.807, 2.05) is 110 Å². The molecule has 7 rings (SSSR count). The van der Waals surface area contributed by atoms with Gasteiger partial charge in [0.15, 0.2) is 0 Å². The number of aliphatic hydroxyl groups is 1. The monoisotopic (exact) mass is 923 g/mol. The first-order valence-electron chi connectivity index (χ1n) is 22.2. The number of aliphatic hydroxyl groups excluding tert-OH is 1. The number of benzene rings is 4. The number of fused-ring (bicyclic) bond motifs is 2. The van der Waals surface area contributed by atoms with Gasteiger partial charge in [0, 0.05) is 95.0 Å². The third-order valence-corrected chi connectivity index (χ3v) is 13.8. The highest BCUT2D eigenvalue weighted by molar-refractivity contribution is 7.86. The number of aromatic nitrogens is 3. The second kappa shape index (κ2) is 20.2. The molecule has 0 aliphatic carbocycles. The second-order valence-corrected chi connectivity index (χ2v) is 19.8. The van der Waals surface area contributed by atoms with Gasteiger partial charge in [-0.2, -0.15) is 22.1 Å². The number of hydrogen-bond donors (Lipinski definition) is 2. The van der Waals surface area contributed by atoms with Crippen LogP contribution in [0.1, 0.15) is 61.1 Å². The first-order chi connectivity index (χ1) is 31.5. The molecule has 352 valence electrons. The Hall–Kier alpha value is -6.14. The lowest BCUT2D eigenvalue weighted by molar-refractivity contribution is 0.0294. The summed E-state index contributed by atoms with van der Waals surface area (Å²) in [5, 5.41) is 29.4. The molecular weight excluding hydrogens is 863 g/mol. The van der Waals surface area contributed by atoms with E-state index in [1.165, 1.54) is 27.6 Å². The van der Waals surface area contributed by atoms with Crippen molar-refractivity contribution in [3.05, 3.63) is 108 Å². The zero-order valence-corrected chi connectivity index (χ0v) is 39.7. The molecule has 6 aromatic rings. The van der Waals surface area contributed by atoms with Gasteiger partial charge in [0.2, 0.25) is 0 Å². The second-order valence-electron chi connectivity index (χ2n) is 17.7. The molecule has 1 aliphatic rings. The molecule has 0 saturated carbocycles. The third-order valence-electron chi connectivity index (χ3n) is 11.8. The maximum Gasteiger partial charge on any atom is 0.410 e. The minimum Gasteiger partial charge on any atom is -0.493 e. The molecule has 1 aliphatic heterocycles. The summed E-state index contributed by atoms with van der Waals surface area (Å²) in [5.74, 6) is 0.271. The van der Waals surface area contributed by atoms with Crippen molar-refractivity contribution >= 4 is 49.6 Å². The lowest BCUT2D eigenvalue weighted by Gasteiger charge is -2.36. The van der Waals surface area contributed by atoms with Gasteiger partial charge in [-0.05, 0) is 81.3 Å². The van der Waals surface area contributed by atoms with Crippen LogP contribution in [-0.2, 0) is 48.2 Å². The highest BCUT2D eigenvalue weighted by Crippen LogP contribution is 2.39. The van der Waals surface area contributed by atoms with Gasteiger partial charge in [-0.15, -0.1) is 0 Å². The predicted molar refractivity (Wildman–Crippen MR) is 255 cm³/mol. The third kappa shape index (κ3) is 10.4. The van der Waals surface area contributed by atoms with Gasteiger partial charge in [-0.3, -0.25) is 4.68 Å². The summed E-state index contributed by atoms with van der Waals surface area (Å²) in [7, 11) is 3.01. The highest BCUT2D eigenvalue weighted by atomic mass is 32.2. The van der Waals surface area contributed by atoms with Crippen molar-refractivity contribution in [2.24, 2.45) is 7.05 Å². The molecule has 1 amide bonds. The van der Waals surface area contributed by atoms with Crippen molar-refractivity contribution in [1.29, 1.82) is 0 Å². The molecule has 1 saturated heterocycles. The summed E-state index contributed by atoms with van der Waals surface area (Å²) in [6.45, 7) is 7.93. The number of rotatable bonds is 18. The number of hydrogen-bond acceptors (Lipinski definition) is 10. The van der Waals surface area contributed by atoms with Crippen LogP contribution in [0.15, 0.2) is 84.9 Å². The van der Waals surface area contributed by atoms with E-state index in [2.05, 4.69) is 4.90 Å². The van der Waals surface area contributed by atoms with E-state index in [0.717, 1.165) is 27.6 Å². The Morgan fingerprint density at radius 1 is 0.848 bits per heavy atom. The minimum absolute atomic E-state index is 0.0471. The highest BCUT2D eigenvalue weighted by Gasteiger charge is 2.30. The van der Waals surface area contributed by atoms with Gasteiger partial charge in [0.25, 0.3) is 10.2 Å². The van der Waals surface area contributed by atoms with E-state index in [-0.39, 0.29) is 25.5 Å². The van der Waals surface area contributed by atoms with Gasteiger partial charge in [0.05, 0.1) is 24.4 Å². The van der Waals surface area contributed by atoms with E-state index >= 15 is 0 Å². The zero-order valence-electron chi connectivity index (χ0n) is 38.9. The normalized spacial score (nSPS) is 13.7. The van der Waals surface area contributed by atoms with Crippen molar-refractivity contribution in [3.8, 4) is 22.6 Å². The molecule has 2 aromatic heterocycles. The van der Waals surface area contributed by atoms with Crippen LogP contribution in [0.4, 0.5) is 10.5 Å². The zero-order chi connectivity index (χ0) is 47.3. The maximum atomic E-state index is 13.4. The van der Waals surface area contributed by atoms with Gasteiger partial charge in [-0.1, -0.05) is 54.6 Å². The number of ether oxygens (including phenoxy) is 3. The molecule has 0 radical (unpaired) electrons. The number of nitrogens with zero attached hydrogens (tertiary/aromatic N) is 7. The summed E-state index contributed by atoms with van der Waals surface area (Å²) in [4.78, 5) is 30.0. The topological polar surface area (TPSA) is 172 Å². The molecule has 66 heavy (non-hydrogen) atoms. The minimum atomic E-state index is -3.48. The van der Waals surface area contributed by atoms with E-state index in [4.69, 9.17) is 19.3 Å². The molecule has 0 unspecified atom stereocenters.